The van der Waals surface area contributed by atoms with Crippen molar-refractivity contribution in [1.82, 2.24) is 5.01 Å². The largest absolute Gasteiger partial charge is 0.292 e. The maximum atomic E-state index is 13.8. The van der Waals surface area contributed by atoms with Crippen LogP contribution in [0, 0.1) is 11.8 Å². The van der Waals surface area contributed by atoms with Crippen molar-refractivity contribution in [2.75, 3.05) is 4.90 Å². The summed E-state index contributed by atoms with van der Waals surface area (Å²) in [7, 11) is 0. The fourth-order valence-corrected chi connectivity index (χ4v) is 6.02. The Morgan fingerprint density at radius 2 is 1.46 bits per heavy atom. The van der Waals surface area contributed by atoms with Gasteiger partial charge in [0.1, 0.15) is 6.04 Å². The third-order valence-electron chi connectivity index (χ3n) is 6.80. The third kappa shape index (κ3) is 3.39. The number of carbonyl (C=O) groups excluding carboxylic acids is 3. The smallest absolute Gasteiger partial charge is 0.240 e. The lowest BCUT2D eigenvalue weighted by atomic mass is 9.83. The van der Waals surface area contributed by atoms with E-state index in [1.165, 1.54) is 18.2 Å². The zero-order valence-corrected chi connectivity index (χ0v) is 20.2. The highest BCUT2D eigenvalue weighted by Gasteiger charge is 2.65. The monoisotopic (exact) mass is 523 g/mol. The van der Waals surface area contributed by atoms with E-state index < -0.39 is 35.7 Å². The highest BCUT2D eigenvalue weighted by molar-refractivity contribution is 6.36. The van der Waals surface area contributed by atoms with Crippen molar-refractivity contribution in [3.8, 4) is 0 Å². The number of imide groups is 1. The van der Waals surface area contributed by atoms with Crippen molar-refractivity contribution < 1.29 is 14.4 Å². The molecule has 0 aromatic heterocycles. The van der Waals surface area contributed by atoms with Crippen molar-refractivity contribution >= 4 is 64.3 Å². The number of anilines is 1. The van der Waals surface area contributed by atoms with Gasteiger partial charge in [-0.2, -0.15) is 5.10 Å². The predicted molar refractivity (Wildman–Crippen MR) is 134 cm³/mol. The number of hydrogen-bond acceptors (Lipinski definition) is 5. The number of hydrogen-bond donors (Lipinski definition) is 0. The maximum Gasteiger partial charge on any atom is 0.240 e. The molecule has 0 unspecified atom stereocenters. The lowest BCUT2D eigenvalue weighted by Gasteiger charge is -2.33. The molecule has 3 aliphatic rings. The van der Waals surface area contributed by atoms with Gasteiger partial charge < -0.3 is 0 Å². The predicted octanol–water partition coefficient (Wildman–Crippen LogP) is 5.41. The molecule has 3 aliphatic heterocycles. The Morgan fingerprint density at radius 3 is 2.17 bits per heavy atom. The van der Waals surface area contributed by atoms with E-state index in [0.717, 1.165) is 16.0 Å². The van der Waals surface area contributed by atoms with Gasteiger partial charge in [-0.1, -0.05) is 59.1 Å². The Balaban J connectivity index is 1.50. The van der Waals surface area contributed by atoms with Gasteiger partial charge in [-0.3, -0.25) is 19.4 Å². The van der Waals surface area contributed by atoms with Crippen LogP contribution in [0.15, 0.2) is 71.8 Å². The fourth-order valence-electron chi connectivity index (χ4n) is 5.38. The molecule has 6 rings (SSSR count). The van der Waals surface area contributed by atoms with E-state index in [-0.39, 0.29) is 11.5 Å². The summed E-state index contributed by atoms with van der Waals surface area (Å²) in [6.45, 7) is 0. The first-order chi connectivity index (χ1) is 16.8. The van der Waals surface area contributed by atoms with Gasteiger partial charge in [0, 0.05) is 20.6 Å². The van der Waals surface area contributed by atoms with E-state index in [4.69, 9.17) is 34.8 Å². The van der Waals surface area contributed by atoms with Crippen LogP contribution in [0.1, 0.15) is 27.5 Å². The molecule has 0 saturated carbocycles. The van der Waals surface area contributed by atoms with Gasteiger partial charge >= 0.3 is 0 Å². The van der Waals surface area contributed by atoms with Gasteiger partial charge in [0.05, 0.1) is 29.8 Å². The SMILES string of the molecule is O=C(c1ccc(Cl)cc1)[C@H]1[C@H]2C(=O)N(c3cc(Cl)cc(Cl)c3)C(=O)[C@@H]2[C@H]2c3ccccc3C=NN21. The van der Waals surface area contributed by atoms with E-state index in [2.05, 4.69) is 5.10 Å². The number of carbonyl (C=O) groups is 3. The van der Waals surface area contributed by atoms with Gasteiger partial charge in [0.2, 0.25) is 11.8 Å². The van der Waals surface area contributed by atoms with Crippen LogP contribution in [0.4, 0.5) is 5.69 Å². The standard InChI is InChI=1S/C26H16Cl3N3O3/c27-15-7-5-13(6-8-15)24(33)23-21-20(22-19-4-2-1-3-14(19)12-30-32(22)23)25(34)31(26(21)35)18-10-16(28)9-17(29)11-18/h1-12,20-23H/t20-,21-,22+,23+/m0/s1. The zero-order chi connectivity index (χ0) is 24.4. The summed E-state index contributed by atoms with van der Waals surface area (Å²) in [6, 6.07) is 17.1. The van der Waals surface area contributed by atoms with Gasteiger partial charge in [0.25, 0.3) is 0 Å². The number of fused-ring (bicyclic) bond motifs is 5. The summed E-state index contributed by atoms with van der Waals surface area (Å²) >= 11 is 18.4. The van der Waals surface area contributed by atoms with Gasteiger partial charge in [-0.05, 0) is 53.6 Å². The van der Waals surface area contributed by atoms with Crippen LogP contribution in [0.5, 0.6) is 0 Å². The van der Waals surface area contributed by atoms with Crippen LogP contribution in [0.3, 0.4) is 0 Å². The lowest BCUT2D eigenvalue weighted by molar-refractivity contribution is -0.124. The first-order valence-electron chi connectivity index (χ1n) is 10.9. The van der Waals surface area contributed by atoms with Crippen LogP contribution in [-0.4, -0.2) is 34.9 Å². The number of ketones is 1. The quantitative estimate of drug-likeness (QED) is 0.339. The van der Waals surface area contributed by atoms with E-state index >= 15 is 0 Å². The molecule has 3 aromatic rings. The van der Waals surface area contributed by atoms with Gasteiger partial charge in [-0.15, -0.1) is 0 Å². The third-order valence-corrected chi connectivity index (χ3v) is 7.48. The van der Waals surface area contributed by atoms with Crippen molar-refractivity contribution in [2.24, 2.45) is 16.9 Å². The van der Waals surface area contributed by atoms with E-state index in [1.807, 2.05) is 24.3 Å². The molecular weight excluding hydrogens is 509 g/mol. The summed E-state index contributed by atoms with van der Waals surface area (Å²) in [5, 5.41) is 7.26. The summed E-state index contributed by atoms with van der Waals surface area (Å²) < 4.78 is 0. The van der Waals surface area contributed by atoms with Crippen molar-refractivity contribution in [3.63, 3.8) is 0 Å². The normalized spacial score (nSPS) is 24.4. The lowest BCUT2D eigenvalue weighted by Crippen LogP contribution is -2.44. The molecule has 6 nitrogen and oxygen atoms in total. The topological polar surface area (TPSA) is 70.0 Å². The van der Waals surface area contributed by atoms with Crippen molar-refractivity contribution in [3.05, 3.63) is 98.5 Å². The molecule has 0 radical (unpaired) electrons. The number of hydrazone groups is 1. The average molecular weight is 525 g/mol. The van der Waals surface area contributed by atoms with E-state index in [1.54, 1.807) is 35.5 Å². The molecule has 0 aliphatic carbocycles. The number of amides is 2. The van der Waals surface area contributed by atoms with Crippen LogP contribution in [0.2, 0.25) is 15.1 Å². The minimum absolute atomic E-state index is 0.281. The molecule has 0 spiro atoms. The molecular formula is C26H16Cl3N3O3. The highest BCUT2D eigenvalue weighted by Crippen LogP contribution is 2.53. The maximum absolute atomic E-state index is 13.8. The molecule has 3 aromatic carbocycles. The molecule has 2 amide bonds. The first-order valence-corrected chi connectivity index (χ1v) is 12.0. The van der Waals surface area contributed by atoms with E-state index in [9.17, 15) is 14.4 Å². The second kappa shape index (κ2) is 8.19. The molecule has 174 valence electrons. The Labute approximate surface area is 215 Å². The Kier molecular flexibility index (Phi) is 5.22. The number of halogens is 3. The second-order valence-corrected chi connectivity index (χ2v) is 10.0. The summed E-state index contributed by atoms with van der Waals surface area (Å²) in [5.74, 6) is -2.93. The van der Waals surface area contributed by atoms with Crippen molar-refractivity contribution in [1.29, 1.82) is 0 Å². The Hall–Kier alpha value is -3.19. The van der Waals surface area contributed by atoms with E-state index in [0.29, 0.717) is 20.6 Å². The van der Waals surface area contributed by atoms with Gasteiger partial charge in [0.15, 0.2) is 5.78 Å². The summed E-state index contributed by atoms with van der Waals surface area (Å²) in [5.41, 5.74) is 2.36. The van der Waals surface area contributed by atoms with Gasteiger partial charge in [-0.25, -0.2) is 4.90 Å². The van der Waals surface area contributed by atoms with Crippen molar-refractivity contribution in [2.45, 2.75) is 12.1 Å². The van der Waals surface area contributed by atoms with Crippen LogP contribution in [0.25, 0.3) is 0 Å². The van der Waals surface area contributed by atoms with Crippen LogP contribution < -0.4 is 4.90 Å². The van der Waals surface area contributed by atoms with Crippen LogP contribution >= 0.6 is 34.8 Å². The molecule has 0 bridgehead atoms. The Bertz CT molecular complexity index is 1420. The first kappa shape index (κ1) is 22.3. The summed E-state index contributed by atoms with van der Waals surface area (Å²) in [4.78, 5) is 42.6. The van der Waals surface area contributed by atoms with Crippen LogP contribution in [-0.2, 0) is 9.59 Å². The molecule has 4 atom stereocenters. The molecule has 35 heavy (non-hydrogen) atoms. The fraction of sp³-hybridized carbons (Fsp3) is 0.154. The number of nitrogens with zero attached hydrogens (tertiary/aromatic N) is 3. The second-order valence-electron chi connectivity index (χ2n) is 8.71. The number of rotatable bonds is 3. The average Bonchev–Trinajstić information content (AvgIpc) is 3.31. The molecule has 2 fully saturated rings. The number of Topliss-reactive ketones (excluding diaryl/α,β-unsaturated/α-hetero) is 1. The molecule has 3 heterocycles. The minimum atomic E-state index is -0.966. The number of benzene rings is 3. The zero-order valence-electron chi connectivity index (χ0n) is 17.9. The molecule has 2 saturated heterocycles. The highest BCUT2D eigenvalue weighted by atomic mass is 35.5. The molecule has 9 heteroatoms. The molecule has 0 N–H and O–H groups in total. The minimum Gasteiger partial charge on any atom is -0.292 e. The Morgan fingerprint density at radius 1 is 0.800 bits per heavy atom. The summed E-state index contributed by atoms with van der Waals surface area (Å²) in [6.07, 6.45) is 1.67.